The molecule has 4 aromatic carbocycles. The zero-order valence-corrected chi connectivity index (χ0v) is 20.5. The van der Waals surface area contributed by atoms with Crippen LogP contribution in [0.3, 0.4) is 0 Å². The number of nitrogens with zero attached hydrogens (tertiary/aromatic N) is 2. The first-order valence-corrected chi connectivity index (χ1v) is 12.4. The summed E-state index contributed by atoms with van der Waals surface area (Å²) in [6.07, 6.45) is 3.72. The van der Waals surface area contributed by atoms with E-state index in [9.17, 15) is 0 Å². The Bertz CT molecular complexity index is 1890. The maximum atomic E-state index is 5.87. The molecule has 3 nitrogen and oxygen atoms in total. The van der Waals surface area contributed by atoms with Crippen LogP contribution in [0.2, 0.25) is 0 Å². The van der Waals surface area contributed by atoms with Gasteiger partial charge in [-0.05, 0) is 69.5 Å². The van der Waals surface area contributed by atoms with E-state index in [0.29, 0.717) is 5.71 Å². The Hall–Kier alpha value is -4.33. The van der Waals surface area contributed by atoms with E-state index in [1.54, 1.807) is 6.20 Å². The highest BCUT2D eigenvalue weighted by Gasteiger charge is 2.10. The maximum absolute atomic E-state index is 5.87. The third kappa shape index (κ3) is 3.66. The van der Waals surface area contributed by atoms with Crippen LogP contribution in [0.25, 0.3) is 66.4 Å². The number of hydrogen-bond donors (Lipinski definition) is 0. The number of hydrogen-bond acceptors (Lipinski definition) is 3. The number of benzene rings is 4. The van der Waals surface area contributed by atoms with Crippen molar-refractivity contribution in [3.63, 3.8) is 0 Å². The van der Waals surface area contributed by atoms with Crippen LogP contribution in [0.5, 0.6) is 0 Å². The van der Waals surface area contributed by atoms with Crippen molar-refractivity contribution in [3.05, 3.63) is 116 Å². The van der Waals surface area contributed by atoms with Crippen molar-refractivity contribution in [2.75, 3.05) is 0 Å². The third-order valence-corrected chi connectivity index (χ3v) is 7.11. The molecular weight excluding hydrogens is 459 g/mol. The van der Waals surface area contributed by atoms with Gasteiger partial charge in [-0.1, -0.05) is 66.7 Å². The molecule has 0 aliphatic rings. The minimum atomic E-state index is 0.675. The lowest BCUT2D eigenvalue weighted by Gasteiger charge is -2.08. The second kappa shape index (κ2) is 8.41. The molecular formula is C32H21N2OP. The number of fused-ring (bicyclic) bond motifs is 4. The van der Waals surface area contributed by atoms with Gasteiger partial charge in [-0.15, -0.1) is 9.24 Å². The van der Waals surface area contributed by atoms with Crippen molar-refractivity contribution < 1.29 is 4.42 Å². The van der Waals surface area contributed by atoms with Crippen LogP contribution in [-0.4, -0.2) is 9.97 Å². The van der Waals surface area contributed by atoms with Gasteiger partial charge in [0.15, 0.2) is 0 Å². The van der Waals surface area contributed by atoms with Gasteiger partial charge in [0.1, 0.15) is 5.58 Å². The van der Waals surface area contributed by atoms with E-state index < -0.39 is 0 Å². The number of aromatic nitrogens is 2. The third-order valence-electron chi connectivity index (χ3n) is 6.73. The van der Waals surface area contributed by atoms with E-state index in [2.05, 4.69) is 105 Å². The SMILES string of the molecule is Pc1ccc(-c2ccc3cc(-c4ccc(-c5ccc6oc7ncccc7c6c5)cc4)cnc3c2)cc1. The Labute approximate surface area is 210 Å². The van der Waals surface area contributed by atoms with Crippen LogP contribution in [0.1, 0.15) is 0 Å². The molecule has 36 heavy (non-hydrogen) atoms. The maximum Gasteiger partial charge on any atom is 0.227 e. The fourth-order valence-corrected chi connectivity index (χ4v) is 4.97. The summed E-state index contributed by atoms with van der Waals surface area (Å²) in [7, 11) is 2.73. The van der Waals surface area contributed by atoms with Gasteiger partial charge in [0, 0.05) is 34.1 Å². The highest BCUT2D eigenvalue weighted by molar-refractivity contribution is 7.27. The Morgan fingerprint density at radius 1 is 0.556 bits per heavy atom. The van der Waals surface area contributed by atoms with Crippen molar-refractivity contribution in [2.24, 2.45) is 0 Å². The molecule has 170 valence electrons. The van der Waals surface area contributed by atoms with Gasteiger partial charge < -0.3 is 4.42 Å². The quantitative estimate of drug-likeness (QED) is 0.240. The monoisotopic (exact) mass is 480 g/mol. The van der Waals surface area contributed by atoms with Gasteiger partial charge in [-0.3, -0.25) is 4.98 Å². The summed E-state index contributed by atoms with van der Waals surface area (Å²) in [5.41, 5.74) is 9.47. The molecule has 0 saturated carbocycles. The lowest BCUT2D eigenvalue weighted by atomic mass is 9.98. The first-order valence-electron chi connectivity index (χ1n) is 11.9. The van der Waals surface area contributed by atoms with Gasteiger partial charge in [0.2, 0.25) is 5.71 Å². The number of furan rings is 1. The van der Waals surface area contributed by atoms with E-state index in [1.807, 2.05) is 18.3 Å². The van der Waals surface area contributed by atoms with Crippen molar-refractivity contribution in [3.8, 4) is 33.4 Å². The van der Waals surface area contributed by atoms with Crippen molar-refractivity contribution in [1.29, 1.82) is 0 Å². The van der Waals surface area contributed by atoms with Crippen LogP contribution in [0.15, 0.2) is 120 Å². The summed E-state index contributed by atoms with van der Waals surface area (Å²) in [6, 6.07) is 36.2. The molecule has 0 saturated heterocycles. The zero-order valence-electron chi connectivity index (χ0n) is 19.3. The molecule has 0 amide bonds. The van der Waals surface area contributed by atoms with Gasteiger partial charge in [0.25, 0.3) is 0 Å². The summed E-state index contributed by atoms with van der Waals surface area (Å²) in [5, 5.41) is 4.44. The van der Waals surface area contributed by atoms with Gasteiger partial charge in [-0.25, -0.2) is 4.98 Å². The topological polar surface area (TPSA) is 38.9 Å². The molecule has 0 radical (unpaired) electrons. The molecule has 7 rings (SSSR count). The van der Waals surface area contributed by atoms with Gasteiger partial charge in [-0.2, -0.15) is 0 Å². The summed E-state index contributed by atoms with van der Waals surface area (Å²) < 4.78 is 5.87. The summed E-state index contributed by atoms with van der Waals surface area (Å²) >= 11 is 0. The van der Waals surface area contributed by atoms with Crippen molar-refractivity contribution >= 4 is 47.5 Å². The fourth-order valence-electron chi connectivity index (χ4n) is 4.78. The van der Waals surface area contributed by atoms with Crippen LogP contribution >= 0.6 is 9.24 Å². The Balaban J connectivity index is 1.20. The van der Waals surface area contributed by atoms with Gasteiger partial charge in [0.05, 0.1) is 5.52 Å². The van der Waals surface area contributed by atoms with E-state index in [-0.39, 0.29) is 0 Å². The predicted molar refractivity (Wildman–Crippen MR) is 152 cm³/mol. The molecule has 0 spiro atoms. The van der Waals surface area contributed by atoms with Crippen LogP contribution in [0.4, 0.5) is 0 Å². The standard InChI is InChI=1S/C32H21N2OP/c36-27-12-9-21(10-13-27)24-7-8-25-16-26(19-34-30(25)18-24)22-5-3-20(4-6-22)23-11-14-31-29(17-23)28-2-1-15-33-32(28)35-31/h1-19H,36H2. The smallest absolute Gasteiger partial charge is 0.227 e. The Kier molecular flexibility index (Phi) is 4.90. The molecule has 1 unspecified atom stereocenters. The molecule has 1 atom stereocenters. The van der Waals surface area contributed by atoms with Crippen molar-refractivity contribution in [2.45, 2.75) is 0 Å². The first kappa shape index (κ1) is 21.0. The van der Waals surface area contributed by atoms with Crippen LogP contribution in [0, 0.1) is 0 Å². The van der Waals surface area contributed by atoms with Gasteiger partial charge >= 0.3 is 0 Å². The molecule has 0 fully saturated rings. The average molecular weight is 481 g/mol. The first-order chi connectivity index (χ1) is 17.7. The highest BCUT2D eigenvalue weighted by atomic mass is 31.0. The molecule has 0 aliphatic heterocycles. The minimum absolute atomic E-state index is 0.675. The summed E-state index contributed by atoms with van der Waals surface area (Å²) in [5.74, 6) is 0. The largest absolute Gasteiger partial charge is 0.438 e. The van der Waals surface area contributed by atoms with Crippen LogP contribution < -0.4 is 5.30 Å². The second-order valence-electron chi connectivity index (χ2n) is 9.00. The van der Waals surface area contributed by atoms with Crippen molar-refractivity contribution in [1.82, 2.24) is 9.97 Å². The van der Waals surface area contributed by atoms with E-state index in [1.165, 1.54) is 16.4 Å². The molecule has 4 heteroatoms. The molecule has 3 aromatic heterocycles. The van der Waals surface area contributed by atoms with E-state index in [0.717, 1.165) is 49.5 Å². The molecule has 0 aliphatic carbocycles. The summed E-state index contributed by atoms with van der Waals surface area (Å²) in [4.78, 5) is 9.12. The number of pyridine rings is 2. The molecule has 7 aromatic rings. The second-order valence-corrected chi connectivity index (χ2v) is 9.67. The number of rotatable bonds is 3. The van der Waals surface area contributed by atoms with E-state index in [4.69, 9.17) is 9.40 Å². The molecule has 0 N–H and O–H groups in total. The predicted octanol–water partition coefficient (Wildman–Crippen LogP) is 8.03. The lowest BCUT2D eigenvalue weighted by molar-refractivity contribution is 0.654. The lowest BCUT2D eigenvalue weighted by Crippen LogP contribution is -1.89. The normalized spacial score (nSPS) is 11.5. The van der Waals surface area contributed by atoms with E-state index >= 15 is 0 Å². The molecule has 0 bridgehead atoms. The Morgan fingerprint density at radius 3 is 2.03 bits per heavy atom. The zero-order chi connectivity index (χ0) is 24.1. The Morgan fingerprint density at radius 2 is 1.22 bits per heavy atom. The molecule has 3 heterocycles. The average Bonchev–Trinajstić information content (AvgIpc) is 3.31. The summed E-state index contributed by atoms with van der Waals surface area (Å²) in [6.45, 7) is 0. The minimum Gasteiger partial charge on any atom is -0.438 e. The van der Waals surface area contributed by atoms with Crippen LogP contribution in [-0.2, 0) is 0 Å². The highest BCUT2D eigenvalue weighted by Crippen LogP contribution is 2.33. The fraction of sp³-hybridized carbons (Fsp3) is 0.